The predicted octanol–water partition coefficient (Wildman–Crippen LogP) is 2.45. The van der Waals surface area contributed by atoms with Crippen molar-refractivity contribution in [3.05, 3.63) is 36.8 Å². The van der Waals surface area contributed by atoms with Gasteiger partial charge in [0.15, 0.2) is 0 Å². The average Bonchev–Trinajstić information content (AvgIpc) is 2.96. The molecule has 3 rings (SSSR count). The molecule has 3 aromatic heterocycles. The Morgan fingerprint density at radius 3 is 3.12 bits per heavy atom. The van der Waals surface area contributed by atoms with E-state index in [0.29, 0.717) is 0 Å². The van der Waals surface area contributed by atoms with E-state index < -0.39 is 0 Å². The molecule has 3 aromatic rings. The summed E-state index contributed by atoms with van der Waals surface area (Å²) in [5.41, 5.74) is 2.94. The second-order valence-corrected chi connectivity index (χ2v) is 3.70. The highest BCUT2D eigenvalue weighted by molar-refractivity contribution is 5.80. The van der Waals surface area contributed by atoms with E-state index >= 15 is 0 Å². The van der Waals surface area contributed by atoms with E-state index in [1.165, 1.54) is 0 Å². The van der Waals surface area contributed by atoms with E-state index in [4.69, 9.17) is 0 Å². The lowest BCUT2D eigenvalue weighted by Crippen LogP contribution is -1.94. The summed E-state index contributed by atoms with van der Waals surface area (Å²) in [6.07, 6.45) is 5.73. The largest absolute Gasteiger partial charge is 0.346 e. The first-order chi connectivity index (χ1) is 7.86. The summed E-state index contributed by atoms with van der Waals surface area (Å²) < 4.78 is 1.91. The fourth-order valence-electron chi connectivity index (χ4n) is 1.77. The minimum atomic E-state index is 0.889. The summed E-state index contributed by atoms with van der Waals surface area (Å²) >= 11 is 0. The fraction of sp³-hybridized carbons (Fsp3) is 0.167. The van der Waals surface area contributed by atoms with Crippen molar-refractivity contribution in [3.63, 3.8) is 0 Å². The van der Waals surface area contributed by atoms with Crippen molar-refractivity contribution in [2.75, 3.05) is 0 Å². The van der Waals surface area contributed by atoms with Crippen LogP contribution in [0.25, 0.3) is 22.3 Å². The van der Waals surface area contributed by atoms with Gasteiger partial charge in [0.1, 0.15) is 5.65 Å². The third-order valence-corrected chi connectivity index (χ3v) is 2.66. The number of aryl methyl sites for hydroxylation is 1. The zero-order valence-electron chi connectivity index (χ0n) is 9.01. The third-order valence-electron chi connectivity index (χ3n) is 2.66. The van der Waals surface area contributed by atoms with Gasteiger partial charge in [0.05, 0.1) is 5.69 Å². The van der Waals surface area contributed by atoms with Gasteiger partial charge in [-0.05, 0) is 25.1 Å². The Morgan fingerprint density at radius 1 is 1.38 bits per heavy atom. The smallest absolute Gasteiger partial charge is 0.137 e. The number of hydrogen-bond acceptors (Lipinski definition) is 2. The number of pyridine rings is 1. The summed E-state index contributed by atoms with van der Waals surface area (Å²) in [6.45, 7) is 2.96. The Hall–Kier alpha value is -2.10. The van der Waals surface area contributed by atoms with Crippen LogP contribution in [0.4, 0.5) is 0 Å². The van der Waals surface area contributed by atoms with Crippen LogP contribution in [0.1, 0.15) is 6.92 Å². The summed E-state index contributed by atoms with van der Waals surface area (Å²) in [6, 6.07) is 6.13. The molecule has 0 aromatic carbocycles. The molecule has 0 radical (unpaired) electrons. The molecule has 0 saturated carbocycles. The van der Waals surface area contributed by atoms with Crippen LogP contribution in [0.2, 0.25) is 0 Å². The lowest BCUT2D eigenvalue weighted by molar-refractivity contribution is 0.662. The maximum atomic E-state index is 4.46. The number of nitrogens with one attached hydrogen (secondary N) is 1. The van der Waals surface area contributed by atoms with Crippen LogP contribution in [0, 0.1) is 0 Å². The summed E-state index contributed by atoms with van der Waals surface area (Å²) in [5.74, 6) is 0. The summed E-state index contributed by atoms with van der Waals surface area (Å²) in [5, 5.41) is 5.57. The molecular formula is C12H12N4. The van der Waals surface area contributed by atoms with E-state index in [9.17, 15) is 0 Å². The highest BCUT2D eigenvalue weighted by Crippen LogP contribution is 2.20. The average molecular weight is 212 g/mol. The summed E-state index contributed by atoms with van der Waals surface area (Å²) in [7, 11) is 0. The van der Waals surface area contributed by atoms with Gasteiger partial charge in [0.25, 0.3) is 0 Å². The van der Waals surface area contributed by atoms with Gasteiger partial charge in [-0.25, -0.2) is 4.98 Å². The Labute approximate surface area is 92.9 Å². The Kier molecular flexibility index (Phi) is 1.99. The van der Waals surface area contributed by atoms with Crippen LogP contribution in [0.5, 0.6) is 0 Å². The van der Waals surface area contributed by atoms with E-state index in [2.05, 4.69) is 28.1 Å². The van der Waals surface area contributed by atoms with Crippen LogP contribution < -0.4 is 0 Å². The highest BCUT2D eigenvalue weighted by Gasteiger charge is 2.04. The molecule has 0 fully saturated rings. The van der Waals surface area contributed by atoms with Crippen molar-refractivity contribution in [3.8, 4) is 11.3 Å². The molecule has 1 N–H and O–H groups in total. The van der Waals surface area contributed by atoms with Gasteiger partial charge in [-0.15, -0.1) is 0 Å². The van der Waals surface area contributed by atoms with Crippen molar-refractivity contribution in [2.24, 2.45) is 0 Å². The van der Waals surface area contributed by atoms with Crippen molar-refractivity contribution in [2.45, 2.75) is 13.5 Å². The molecule has 4 heteroatoms. The Morgan fingerprint density at radius 2 is 2.31 bits per heavy atom. The van der Waals surface area contributed by atoms with Crippen LogP contribution >= 0.6 is 0 Å². The molecule has 0 saturated heterocycles. The minimum Gasteiger partial charge on any atom is -0.346 e. The molecule has 0 aliphatic heterocycles. The molecule has 0 unspecified atom stereocenters. The van der Waals surface area contributed by atoms with Gasteiger partial charge in [0, 0.05) is 36.1 Å². The molecule has 3 heterocycles. The lowest BCUT2D eigenvalue weighted by atomic mass is 10.2. The minimum absolute atomic E-state index is 0.889. The molecule has 4 nitrogen and oxygen atoms in total. The van der Waals surface area contributed by atoms with E-state index in [0.717, 1.165) is 28.8 Å². The van der Waals surface area contributed by atoms with Crippen LogP contribution in [-0.4, -0.2) is 19.7 Å². The number of rotatable bonds is 2. The van der Waals surface area contributed by atoms with Gasteiger partial charge in [0.2, 0.25) is 0 Å². The second kappa shape index (κ2) is 3.48. The van der Waals surface area contributed by atoms with Crippen LogP contribution in [-0.2, 0) is 6.54 Å². The van der Waals surface area contributed by atoms with Crippen molar-refractivity contribution in [1.29, 1.82) is 0 Å². The van der Waals surface area contributed by atoms with Crippen molar-refractivity contribution in [1.82, 2.24) is 19.7 Å². The molecule has 16 heavy (non-hydrogen) atoms. The first kappa shape index (κ1) is 9.15. The first-order valence-electron chi connectivity index (χ1n) is 5.34. The third kappa shape index (κ3) is 1.39. The predicted molar refractivity (Wildman–Crippen MR) is 63.0 cm³/mol. The van der Waals surface area contributed by atoms with E-state index in [1.54, 1.807) is 0 Å². The van der Waals surface area contributed by atoms with Gasteiger partial charge in [-0.1, -0.05) is 0 Å². The molecule has 0 bridgehead atoms. The highest BCUT2D eigenvalue weighted by atomic mass is 15.3. The number of H-pyrrole nitrogens is 1. The van der Waals surface area contributed by atoms with Gasteiger partial charge < -0.3 is 4.98 Å². The zero-order valence-corrected chi connectivity index (χ0v) is 9.01. The maximum Gasteiger partial charge on any atom is 0.137 e. The Balaban J connectivity index is 2.10. The van der Waals surface area contributed by atoms with Gasteiger partial charge in [-0.2, -0.15) is 5.10 Å². The number of fused-ring (bicyclic) bond motifs is 1. The molecule has 0 aliphatic rings. The quantitative estimate of drug-likeness (QED) is 0.709. The van der Waals surface area contributed by atoms with Crippen LogP contribution in [0.3, 0.4) is 0 Å². The first-order valence-corrected chi connectivity index (χ1v) is 5.34. The fourth-order valence-corrected chi connectivity index (χ4v) is 1.77. The number of nitrogens with zero attached hydrogens (tertiary/aromatic N) is 3. The monoisotopic (exact) mass is 212 g/mol. The molecule has 80 valence electrons. The standard InChI is InChI=1S/C12H12N4/c1-2-16-6-4-11(15-16)10-7-9-3-5-13-12(9)14-8-10/h3-8H,2H2,1H3,(H,13,14). The SMILES string of the molecule is CCn1ccc(-c2cnc3[nH]ccc3c2)n1. The molecule has 0 amide bonds. The molecule has 0 spiro atoms. The lowest BCUT2D eigenvalue weighted by Gasteiger charge is -1.97. The maximum absolute atomic E-state index is 4.46. The van der Waals surface area contributed by atoms with Crippen LogP contribution in [0.15, 0.2) is 36.8 Å². The summed E-state index contributed by atoms with van der Waals surface area (Å²) in [4.78, 5) is 7.43. The zero-order chi connectivity index (χ0) is 11.0. The van der Waals surface area contributed by atoms with E-state index in [-0.39, 0.29) is 0 Å². The van der Waals surface area contributed by atoms with Crippen molar-refractivity contribution >= 4 is 11.0 Å². The Bertz CT molecular complexity index is 621. The topological polar surface area (TPSA) is 46.5 Å². The number of aromatic nitrogens is 4. The molecule has 0 aliphatic carbocycles. The number of hydrogen-bond donors (Lipinski definition) is 1. The van der Waals surface area contributed by atoms with Gasteiger partial charge >= 0.3 is 0 Å². The van der Waals surface area contributed by atoms with Crippen molar-refractivity contribution < 1.29 is 0 Å². The second-order valence-electron chi connectivity index (χ2n) is 3.70. The van der Waals surface area contributed by atoms with Gasteiger partial charge in [-0.3, -0.25) is 4.68 Å². The number of aromatic amines is 1. The molecular weight excluding hydrogens is 200 g/mol. The van der Waals surface area contributed by atoms with E-state index in [1.807, 2.05) is 35.4 Å². The normalized spacial score (nSPS) is 11.1. The molecule has 0 atom stereocenters.